The molecule has 1 aromatic rings. The van der Waals surface area contributed by atoms with Gasteiger partial charge in [-0.15, -0.1) is 0 Å². The molecule has 4 nitrogen and oxygen atoms in total. The molecule has 0 heterocycles. The predicted molar refractivity (Wildman–Crippen MR) is 67.0 cm³/mol. The zero-order chi connectivity index (χ0) is 12.7. The van der Waals surface area contributed by atoms with Crippen LogP contribution >= 0.6 is 0 Å². The topological polar surface area (TPSA) is 58.2 Å². The largest absolute Gasteiger partial charge is 0.316 e. The smallest absolute Gasteiger partial charge is 0.233 e. The minimum Gasteiger partial charge on any atom is -0.316 e. The van der Waals surface area contributed by atoms with Crippen molar-refractivity contribution in [1.82, 2.24) is 5.32 Å². The zero-order valence-electron chi connectivity index (χ0n) is 9.74. The molecule has 0 aliphatic rings. The molecule has 0 aliphatic heterocycles. The first kappa shape index (κ1) is 13.9. The zero-order valence-corrected chi connectivity index (χ0v) is 10.6. The Labute approximate surface area is 101 Å². The molecule has 17 heavy (non-hydrogen) atoms. The van der Waals surface area contributed by atoms with Crippen molar-refractivity contribution >= 4 is 15.7 Å². The molecule has 1 rings (SSSR count). The highest BCUT2D eigenvalue weighted by atomic mass is 32.2. The highest BCUT2D eigenvalue weighted by Gasteiger charge is 2.09. The van der Waals surface area contributed by atoms with Crippen LogP contribution in [0.2, 0.25) is 0 Å². The second-order valence-electron chi connectivity index (χ2n) is 3.68. The van der Waals surface area contributed by atoms with Gasteiger partial charge in [-0.2, -0.15) is 0 Å². The number of nitrogens with one attached hydrogen (secondary N) is 2. The van der Waals surface area contributed by atoms with Gasteiger partial charge in [0.05, 0.1) is 11.4 Å². The maximum Gasteiger partial charge on any atom is 0.233 e. The summed E-state index contributed by atoms with van der Waals surface area (Å²) < 4.78 is 38.4. The van der Waals surface area contributed by atoms with Crippen LogP contribution in [-0.2, 0) is 10.0 Å². The lowest BCUT2D eigenvalue weighted by Gasteiger charge is -2.08. The van der Waals surface area contributed by atoms with Gasteiger partial charge in [-0.1, -0.05) is 13.0 Å². The lowest BCUT2D eigenvalue weighted by Crippen LogP contribution is -2.27. The molecule has 1 aromatic carbocycles. The maximum atomic E-state index is 12.8. The van der Waals surface area contributed by atoms with Crippen molar-refractivity contribution in [3.63, 3.8) is 0 Å². The number of halogens is 1. The van der Waals surface area contributed by atoms with Crippen LogP contribution in [0.4, 0.5) is 10.1 Å². The maximum absolute atomic E-state index is 12.8. The van der Waals surface area contributed by atoms with Crippen molar-refractivity contribution < 1.29 is 12.8 Å². The third kappa shape index (κ3) is 5.65. The summed E-state index contributed by atoms with van der Waals surface area (Å²) in [5, 5.41) is 3.00. The SMILES string of the molecule is CCCNCCS(=O)(=O)Nc1cccc(F)c1. The fourth-order valence-corrected chi connectivity index (χ4v) is 2.29. The van der Waals surface area contributed by atoms with E-state index < -0.39 is 15.8 Å². The normalized spacial score (nSPS) is 11.4. The van der Waals surface area contributed by atoms with E-state index in [9.17, 15) is 12.8 Å². The lowest BCUT2D eigenvalue weighted by atomic mass is 10.3. The highest BCUT2D eigenvalue weighted by Crippen LogP contribution is 2.10. The molecule has 0 fully saturated rings. The van der Waals surface area contributed by atoms with E-state index in [1.54, 1.807) is 0 Å². The van der Waals surface area contributed by atoms with Crippen LogP contribution in [0.5, 0.6) is 0 Å². The molecular formula is C11H17FN2O2S. The van der Waals surface area contributed by atoms with E-state index in [4.69, 9.17) is 0 Å². The molecule has 0 aliphatic carbocycles. The fourth-order valence-electron chi connectivity index (χ4n) is 1.29. The summed E-state index contributed by atoms with van der Waals surface area (Å²) in [5.74, 6) is -0.488. The Balaban J connectivity index is 2.49. The first-order chi connectivity index (χ1) is 8.03. The van der Waals surface area contributed by atoms with Gasteiger partial charge in [-0.3, -0.25) is 4.72 Å². The number of anilines is 1. The second kappa shape index (κ2) is 6.56. The summed E-state index contributed by atoms with van der Waals surface area (Å²) in [6.45, 7) is 3.18. The van der Waals surface area contributed by atoms with Crippen molar-refractivity contribution in [3.05, 3.63) is 30.1 Å². The third-order valence-electron chi connectivity index (χ3n) is 2.07. The van der Waals surface area contributed by atoms with Crippen LogP contribution in [0.1, 0.15) is 13.3 Å². The average Bonchev–Trinajstić information content (AvgIpc) is 2.24. The van der Waals surface area contributed by atoms with Crippen molar-refractivity contribution in [2.75, 3.05) is 23.6 Å². The van der Waals surface area contributed by atoms with Crippen LogP contribution in [-0.4, -0.2) is 27.3 Å². The quantitative estimate of drug-likeness (QED) is 0.732. The van der Waals surface area contributed by atoms with Crippen LogP contribution in [0, 0.1) is 5.82 Å². The Morgan fingerprint density at radius 2 is 2.06 bits per heavy atom. The summed E-state index contributed by atoms with van der Waals surface area (Å²) >= 11 is 0. The fraction of sp³-hybridized carbons (Fsp3) is 0.455. The van der Waals surface area contributed by atoms with Crippen molar-refractivity contribution in [2.24, 2.45) is 0 Å². The van der Waals surface area contributed by atoms with Crippen LogP contribution < -0.4 is 10.0 Å². The molecule has 0 radical (unpaired) electrons. The number of sulfonamides is 1. The molecule has 6 heteroatoms. The van der Waals surface area contributed by atoms with Gasteiger partial charge in [0.2, 0.25) is 10.0 Å². The second-order valence-corrected chi connectivity index (χ2v) is 5.52. The lowest BCUT2D eigenvalue weighted by molar-refractivity contribution is 0.595. The van der Waals surface area contributed by atoms with Crippen molar-refractivity contribution in [2.45, 2.75) is 13.3 Å². The number of benzene rings is 1. The Morgan fingerprint density at radius 3 is 2.71 bits per heavy atom. The predicted octanol–water partition coefficient (Wildman–Crippen LogP) is 1.57. The van der Waals surface area contributed by atoms with Crippen LogP contribution in [0.25, 0.3) is 0 Å². The highest BCUT2D eigenvalue weighted by molar-refractivity contribution is 7.92. The minimum atomic E-state index is -3.41. The first-order valence-corrected chi connectivity index (χ1v) is 7.15. The standard InChI is InChI=1S/C11H17FN2O2S/c1-2-6-13-7-8-17(15,16)14-11-5-3-4-10(12)9-11/h3-5,9,13-14H,2,6-8H2,1H3. The van der Waals surface area contributed by atoms with E-state index in [-0.39, 0.29) is 11.4 Å². The van der Waals surface area contributed by atoms with Gasteiger partial charge < -0.3 is 5.32 Å². The molecule has 0 bridgehead atoms. The minimum absolute atomic E-state index is 0.0243. The Bertz CT molecular complexity index is 449. The molecule has 0 saturated heterocycles. The van der Waals surface area contributed by atoms with Crippen molar-refractivity contribution in [1.29, 1.82) is 0 Å². The van der Waals surface area contributed by atoms with Gasteiger partial charge in [0, 0.05) is 6.54 Å². The summed E-state index contributed by atoms with van der Waals surface area (Å²) in [7, 11) is -3.41. The third-order valence-corrected chi connectivity index (χ3v) is 3.36. The number of rotatable bonds is 7. The van der Waals surface area contributed by atoms with E-state index in [0.29, 0.717) is 6.54 Å². The summed E-state index contributed by atoms with van der Waals surface area (Å²) in [6.07, 6.45) is 0.956. The van der Waals surface area contributed by atoms with Gasteiger partial charge in [0.25, 0.3) is 0 Å². The van der Waals surface area contributed by atoms with Crippen molar-refractivity contribution in [3.8, 4) is 0 Å². The molecule has 0 unspecified atom stereocenters. The van der Waals surface area contributed by atoms with Crippen LogP contribution in [0.15, 0.2) is 24.3 Å². The first-order valence-electron chi connectivity index (χ1n) is 5.50. The molecule has 2 N–H and O–H groups in total. The molecule has 0 spiro atoms. The van der Waals surface area contributed by atoms with E-state index in [1.807, 2.05) is 6.92 Å². The van der Waals surface area contributed by atoms with Gasteiger partial charge in [-0.25, -0.2) is 12.8 Å². The van der Waals surface area contributed by atoms with Gasteiger partial charge >= 0.3 is 0 Å². The summed E-state index contributed by atoms with van der Waals surface area (Å²) in [4.78, 5) is 0. The molecule has 96 valence electrons. The average molecular weight is 260 g/mol. The molecular weight excluding hydrogens is 243 g/mol. The van der Waals surface area contributed by atoms with E-state index in [1.165, 1.54) is 18.2 Å². The van der Waals surface area contributed by atoms with Gasteiger partial charge in [-0.05, 0) is 31.2 Å². The van der Waals surface area contributed by atoms with Gasteiger partial charge in [0.1, 0.15) is 5.82 Å². The van der Waals surface area contributed by atoms with Crippen LogP contribution in [0.3, 0.4) is 0 Å². The van der Waals surface area contributed by atoms with E-state index in [0.717, 1.165) is 19.0 Å². The number of hydrogen-bond acceptors (Lipinski definition) is 3. The molecule has 0 atom stereocenters. The van der Waals surface area contributed by atoms with Gasteiger partial charge in [0.15, 0.2) is 0 Å². The molecule has 0 saturated carbocycles. The molecule has 0 amide bonds. The Morgan fingerprint density at radius 1 is 1.29 bits per heavy atom. The Kier molecular flexibility index (Phi) is 5.37. The van der Waals surface area contributed by atoms with E-state index in [2.05, 4.69) is 10.0 Å². The Hall–Kier alpha value is -1.14. The monoisotopic (exact) mass is 260 g/mol. The number of hydrogen-bond donors (Lipinski definition) is 2. The molecule has 0 aromatic heterocycles. The summed E-state index contributed by atoms with van der Waals surface area (Å²) in [5.41, 5.74) is 0.250. The van der Waals surface area contributed by atoms with E-state index >= 15 is 0 Å². The summed E-state index contributed by atoms with van der Waals surface area (Å²) in [6, 6.07) is 5.39.